The molecule has 204 valence electrons. The van der Waals surface area contributed by atoms with Gasteiger partial charge in [-0.2, -0.15) is 0 Å². The normalized spacial score (nSPS) is 22.0. The highest BCUT2D eigenvalue weighted by Crippen LogP contribution is 2.59. The number of nitrogens with one attached hydrogen (secondary N) is 2. The summed E-state index contributed by atoms with van der Waals surface area (Å²) in [5, 5.41) is 7.11. The van der Waals surface area contributed by atoms with Crippen LogP contribution in [0, 0.1) is 10.8 Å². The topological polar surface area (TPSA) is 80.3 Å². The summed E-state index contributed by atoms with van der Waals surface area (Å²) in [6.45, 7) is 22.8. The molecule has 3 aliphatic rings. The van der Waals surface area contributed by atoms with E-state index >= 15 is 0 Å². The van der Waals surface area contributed by atoms with Crippen molar-refractivity contribution >= 4 is 22.9 Å². The molecular formula is C33H42N6. The van der Waals surface area contributed by atoms with Gasteiger partial charge in [0, 0.05) is 31.2 Å². The fraction of sp³-hybridized carbons (Fsp3) is 0.394. The number of nitrogen functional groups attached to an aromatic ring is 1. The van der Waals surface area contributed by atoms with Gasteiger partial charge in [-0.25, -0.2) is 9.97 Å². The van der Waals surface area contributed by atoms with Gasteiger partial charge in [0.05, 0.1) is 22.8 Å². The molecule has 0 saturated heterocycles. The summed E-state index contributed by atoms with van der Waals surface area (Å²) in [6, 6.07) is 8.21. The van der Waals surface area contributed by atoms with E-state index in [1.54, 1.807) is 6.20 Å². The van der Waals surface area contributed by atoms with Crippen LogP contribution in [0.1, 0.15) is 74.9 Å². The number of imidazole rings is 1. The Morgan fingerprint density at radius 1 is 0.974 bits per heavy atom. The first-order chi connectivity index (χ1) is 18.6. The minimum absolute atomic E-state index is 0.344. The van der Waals surface area contributed by atoms with Crippen molar-refractivity contribution in [3.63, 3.8) is 0 Å². The van der Waals surface area contributed by atoms with Gasteiger partial charge < -0.3 is 16.4 Å². The molecule has 0 radical (unpaired) electrons. The molecule has 1 aromatic carbocycles. The number of hydrogen-bond donors (Lipinski definition) is 3. The molecule has 3 aliphatic carbocycles. The lowest BCUT2D eigenvalue weighted by molar-refractivity contribution is 0.0179. The molecule has 0 unspecified atom stereocenters. The predicted molar refractivity (Wildman–Crippen MR) is 163 cm³/mol. The van der Waals surface area contributed by atoms with Gasteiger partial charge in [-0.3, -0.25) is 4.40 Å². The number of fused-ring (bicyclic) bond motifs is 4. The Morgan fingerprint density at radius 2 is 1.69 bits per heavy atom. The molecule has 0 spiro atoms. The Morgan fingerprint density at radius 3 is 2.33 bits per heavy atom. The van der Waals surface area contributed by atoms with Crippen LogP contribution in [-0.4, -0.2) is 20.9 Å². The number of hydrogen-bond acceptors (Lipinski definition) is 5. The molecule has 0 amide bonds. The molecule has 0 aliphatic heterocycles. The molecule has 2 heterocycles. The molecule has 39 heavy (non-hydrogen) atoms. The first-order valence-corrected chi connectivity index (χ1v) is 14.0. The lowest BCUT2D eigenvalue weighted by Crippen LogP contribution is -2.46. The molecule has 2 aromatic heterocycles. The molecule has 6 heteroatoms. The Kier molecular flexibility index (Phi) is 7.15. The average molecular weight is 523 g/mol. The highest BCUT2D eigenvalue weighted by atomic mass is 15.1. The molecule has 3 aromatic rings. The Bertz CT molecular complexity index is 1430. The van der Waals surface area contributed by atoms with Crippen molar-refractivity contribution in [2.24, 2.45) is 10.8 Å². The number of rotatable bonds is 11. The summed E-state index contributed by atoms with van der Waals surface area (Å²) in [5.74, 6) is 0.626. The fourth-order valence-electron chi connectivity index (χ4n) is 6.39. The first-order valence-electron chi connectivity index (χ1n) is 14.0. The van der Waals surface area contributed by atoms with Crippen LogP contribution < -0.4 is 16.4 Å². The Labute approximate surface area is 232 Å². The number of benzene rings is 1. The average Bonchev–Trinajstić information content (AvgIpc) is 3.41. The van der Waals surface area contributed by atoms with E-state index in [9.17, 15) is 0 Å². The maximum atomic E-state index is 6.28. The molecule has 2 bridgehead atoms. The Balaban J connectivity index is 1.26. The lowest BCUT2D eigenvalue weighted by Gasteiger charge is -2.54. The minimum atomic E-state index is 0.344. The molecule has 3 saturated carbocycles. The van der Waals surface area contributed by atoms with E-state index in [2.05, 4.69) is 61.0 Å². The zero-order valence-electron chi connectivity index (χ0n) is 23.6. The van der Waals surface area contributed by atoms with Crippen molar-refractivity contribution in [1.29, 1.82) is 0 Å². The fourth-order valence-corrected chi connectivity index (χ4v) is 6.39. The van der Waals surface area contributed by atoms with Crippen LogP contribution in [0.25, 0.3) is 17.2 Å². The molecule has 6 nitrogen and oxygen atoms in total. The van der Waals surface area contributed by atoms with Crippen molar-refractivity contribution in [2.75, 3.05) is 12.3 Å². The highest BCUT2D eigenvalue weighted by Gasteiger charge is 2.48. The quantitative estimate of drug-likeness (QED) is 0.194. The summed E-state index contributed by atoms with van der Waals surface area (Å²) in [5.41, 5.74) is 15.7. The largest absolute Gasteiger partial charge is 0.398 e. The van der Waals surface area contributed by atoms with E-state index in [4.69, 9.17) is 10.7 Å². The molecule has 0 atom stereocenters. The van der Waals surface area contributed by atoms with Gasteiger partial charge in [-0.15, -0.1) is 0 Å². The number of nitrogens with two attached hydrogens (primary N) is 1. The third kappa shape index (κ3) is 5.38. The summed E-state index contributed by atoms with van der Waals surface area (Å²) in [4.78, 5) is 9.20. The lowest BCUT2D eigenvalue weighted by atomic mass is 9.52. The summed E-state index contributed by atoms with van der Waals surface area (Å²) >= 11 is 0. The van der Waals surface area contributed by atoms with Crippen molar-refractivity contribution in [1.82, 2.24) is 25.0 Å². The standard InChI is InChI=1S/C33H42N6/c1-22(2)17-27-8-7-26(18-28(27)34)20-36-24(5)29-19-30(39-16-15-35-31(39)38-29)25(6)37-21-32-9-12-33(13-10-32,14-11-32)23(3)4/h7-8,15-16,18-19,36-37H,1,3,5-6,9-14,17,20-21,34H2,2,4H3. The molecular weight excluding hydrogens is 480 g/mol. The van der Waals surface area contributed by atoms with Gasteiger partial charge in [-0.1, -0.05) is 49.6 Å². The predicted octanol–water partition coefficient (Wildman–Crippen LogP) is 6.67. The van der Waals surface area contributed by atoms with Gasteiger partial charge in [0.15, 0.2) is 0 Å². The van der Waals surface area contributed by atoms with Gasteiger partial charge in [0.2, 0.25) is 5.78 Å². The van der Waals surface area contributed by atoms with E-state index in [0.717, 1.165) is 58.1 Å². The van der Waals surface area contributed by atoms with Crippen LogP contribution in [0.2, 0.25) is 0 Å². The zero-order valence-corrected chi connectivity index (χ0v) is 23.6. The van der Waals surface area contributed by atoms with Crippen molar-refractivity contribution < 1.29 is 0 Å². The first kappa shape index (κ1) is 26.8. The SMILES string of the molecule is C=C(C)Cc1ccc(CNC(=C)c2cc(C(=C)NCC34CCC(C(=C)C)(CC3)CC4)n3ccnc3n2)cc1N. The maximum Gasteiger partial charge on any atom is 0.234 e. The third-order valence-corrected chi connectivity index (χ3v) is 9.19. The highest BCUT2D eigenvalue weighted by molar-refractivity contribution is 5.67. The number of nitrogens with zero attached hydrogens (tertiary/aromatic N) is 3. The van der Waals surface area contributed by atoms with Crippen molar-refractivity contribution in [2.45, 2.75) is 65.3 Å². The second kappa shape index (κ2) is 10.4. The molecule has 6 rings (SSSR count). The smallest absolute Gasteiger partial charge is 0.234 e. The van der Waals surface area contributed by atoms with Crippen LogP contribution in [0.15, 0.2) is 74.1 Å². The molecule has 4 N–H and O–H groups in total. The van der Waals surface area contributed by atoms with Crippen LogP contribution >= 0.6 is 0 Å². The van der Waals surface area contributed by atoms with E-state index in [-0.39, 0.29) is 0 Å². The number of allylic oxidation sites excluding steroid dienone is 2. The minimum Gasteiger partial charge on any atom is -0.398 e. The third-order valence-electron chi connectivity index (χ3n) is 9.19. The van der Waals surface area contributed by atoms with E-state index < -0.39 is 0 Å². The molecule has 3 fully saturated rings. The van der Waals surface area contributed by atoms with Gasteiger partial charge >= 0.3 is 0 Å². The summed E-state index contributed by atoms with van der Waals surface area (Å²) in [7, 11) is 0. The van der Waals surface area contributed by atoms with Crippen LogP contribution in [0.5, 0.6) is 0 Å². The second-order valence-electron chi connectivity index (χ2n) is 12.0. The Hall–Kier alpha value is -3.80. The number of aromatic nitrogens is 3. The van der Waals surface area contributed by atoms with Crippen LogP contribution in [0.4, 0.5) is 5.69 Å². The van der Waals surface area contributed by atoms with Crippen LogP contribution in [-0.2, 0) is 13.0 Å². The van der Waals surface area contributed by atoms with Crippen molar-refractivity contribution in [3.05, 3.63) is 96.6 Å². The van der Waals surface area contributed by atoms with Crippen LogP contribution in [0.3, 0.4) is 0 Å². The van der Waals surface area contributed by atoms with E-state index in [1.807, 2.05) is 29.7 Å². The monoisotopic (exact) mass is 522 g/mol. The van der Waals surface area contributed by atoms with E-state index in [0.29, 0.717) is 23.2 Å². The number of anilines is 1. The zero-order chi connectivity index (χ0) is 27.8. The van der Waals surface area contributed by atoms with Gasteiger partial charge in [0.1, 0.15) is 0 Å². The summed E-state index contributed by atoms with van der Waals surface area (Å²) in [6.07, 6.45) is 12.0. The van der Waals surface area contributed by atoms with Crippen molar-refractivity contribution in [3.8, 4) is 0 Å². The van der Waals surface area contributed by atoms with E-state index in [1.165, 1.54) is 44.1 Å². The maximum absolute atomic E-state index is 6.28. The van der Waals surface area contributed by atoms with Gasteiger partial charge in [-0.05, 0) is 92.9 Å². The second-order valence-corrected chi connectivity index (χ2v) is 12.0. The summed E-state index contributed by atoms with van der Waals surface area (Å²) < 4.78 is 1.98. The van der Waals surface area contributed by atoms with Gasteiger partial charge in [0.25, 0.3) is 0 Å².